The van der Waals surface area contributed by atoms with E-state index in [-0.39, 0.29) is 12.1 Å². The third kappa shape index (κ3) is 4.63. The zero-order chi connectivity index (χ0) is 18.6. The molecule has 26 heavy (non-hydrogen) atoms. The topological polar surface area (TPSA) is 47.5 Å². The number of hydrogen-bond acceptors (Lipinski definition) is 5. The number of hydrogen-bond donors (Lipinski definition) is 0. The van der Waals surface area contributed by atoms with Gasteiger partial charge in [0.1, 0.15) is 11.9 Å². The molecule has 0 atom stereocenters. The monoisotopic (exact) mass is 367 g/mol. The second-order valence-corrected chi connectivity index (χ2v) is 6.13. The maximum absolute atomic E-state index is 12.7. The summed E-state index contributed by atoms with van der Waals surface area (Å²) < 4.78 is 49.0. The number of nitrogens with zero attached hydrogens (tertiary/aromatic N) is 3. The van der Waals surface area contributed by atoms with E-state index in [1.807, 2.05) is 24.3 Å². The summed E-state index contributed by atoms with van der Waals surface area (Å²) in [5, 5.41) is 0. The highest BCUT2D eigenvalue weighted by atomic mass is 19.4. The molecule has 1 saturated heterocycles. The molecule has 2 heterocycles. The van der Waals surface area contributed by atoms with Crippen molar-refractivity contribution in [2.45, 2.75) is 31.7 Å². The molecule has 0 saturated carbocycles. The summed E-state index contributed by atoms with van der Waals surface area (Å²) in [6.45, 7) is 2.32. The van der Waals surface area contributed by atoms with E-state index >= 15 is 0 Å². The molecule has 3 rings (SSSR count). The molecule has 1 fully saturated rings. The Morgan fingerprint density at radius 3 is 2.58 bits per heavy atom. The highest BCUT2D eigenvalue weighted by Gasteiger charge is 2.33. The minimum Gasteiger partial charge on any atom is -0.496 e. The zero-order valence-electron chi connectivity index (χ0n) is 14.4. The van der Waals surface area contributed by atoms with Crippen LogP contribution in [0.1, 0.15) is 24.1 Å². The Kier molecular flexibility index (Phi) is 5.61. The molecule has 2 aromatic rings. The van der Waals surface area contributed by atoms with Gasteiger partial charge in [0, 0.05) is 31.4 Å². The maximum Gasteiger partial charge on any atom is 0.433 e. The standard InChI is InChI=1S/C18H20F3N3O2/c1-25-15-5-3-2-4-13(15)12-24-10-7-14(8-11-24)26-17-22-9-6-16(23-17)18(19,20)21/h2-6,9,14H,7-8,10-12H2,1H3. The normalized spacial score (nSPS) is 16.5. The summed E-state index contributed by atoms with van der Waals surface area (Å²) >= 11 is 0. The SMILES string of the molecule is COc1ccccc1CN1CCC(Oc2nccc(C(F)(F)F)n2)CC1. The maximum atomic E-state index is 12.7. The van der Waals surface area contributed by atoms with Crippen molar-refractivity contribution in [3.05, 3.63) is 47.8 Å². The molecule has 0 radical (unpaired) electrons. The summed E-state index contributed by atoms with van der Waals surface area (Å²) in [4.78, 5) is 9.52. The molecule has 1 aliphatic heterocycles. The van der Waals surface area contributed by atoms with Gasteiger partial charge in [-0.3, -0.25) is 4.90 Å². The quantitative estimate of drug-likeness (QED) is 0.809. The lowest BCUT2D eigenvalue weighted by Crippen LogP contribution is -2.38. The van der Waals surface area contributed by atoms with Crippen LogP contribution in [0, 0.1) is 0 Å². The van der Waals surface area contributed by atoms with E-state index in [4.69, 9.17) is 9.47 Å². The van der Waals surface area contributed by atoms with Crippen molar-refractivity contribution >= 4 is 0 Å². The summed E-state index contributed by atoms with van der Waals surface area (Å²) in [7, 11) is 1.65. The van der Waals surface area contributed by atoms with Crippen molar-refractivity contribution in [3.63, 3.8) is 0 Å². The minimum absolute atomic E-state index is 0.188. The third-order valence-electron chi connectivity index (χ3n) is 4.32. The summed E-state index contributed by atoms with van der Waals surface area (Å²) in [6, 6.07) is 8.47. The third-order valence-corrected chi connectivity index (χ3v) is 4.32. The van der Waals surface area contributed by atoms with Crippen LogP contribution in [0.3, 0.4) is 0 Å². The Hall–Kier alpha value is -2.35. The van der Waals surface area contributed by atoms with Crippen LogP contribution in [-0.2, 0) is 12.7 Å². The number of para-hydroxylation sites is 1. The number of halogens is 3. The van der Waals surface area contributed by atoms with Gasteiger partial charge in [-0.1, -0.05) is 18.2 Å². The van der Waals surface area contributed by atoms with Crippen LogP contribution in [0.15, 0.2) is 36.5 Å². The first-order valence-corrected chi connectivity index (χ1v) is 8.37. The van der Waals surface area contributed by atoms with E-state index in [1.54, 1.807) is 7.11 Å². The lowest BCUT2D eigenvalue weighted by molar-refractivity contribution is -0.141. The van der Waals surface area contributed by atoms with Gasteiger partial charge in [0.15, 0.2) is 5.69 Å². The van der Waals surface area contributed by atoms with Crippen LogP contribution in [0.25, 0.3) is 0 Å². The Morgan fingerprint density at radius 2 is 1.88 bits per heavy atom. The van der Waals surface area contributed by atoms with Crippen molar-refractivity contribution in [1.82, 2.24) is 14.9 Å². The smallest absolute Gasteiger partial charge is 0.433 e. The van der Waals surface area contributed by atoms with Gasteiger partial charge >= 0.3 is 12.2 Å². The lowest BCUT2D eigenvalue weighted by atomic mass is 10.1. The van der Waals surface area contributed by atoms with Crippen molar-refractivity contribution in [3.8, 4) is 11.8 Å². The van der Waals surface area contributed by atoms with Gasteiger partial charge in [-0.15, -0.1) is 0 Å². The summed E-state index contributed by atoms with van der Waals surface area (Å²) in [5.41, 5.74) is 0.117. The first-order valence-electron chi connectivity index (χ1n) is 8.37. The molecule has 1 aromatic carbocycles. The zero-order valence-corrected chi connectivity index (χ0v) is 14.4. The Bertz CT molecular complexity index is 732. The number of likely N-dealkylation sites (tertiary alicyclic amines) is 1. The largest absolute Gasteiger partial charge is 0.496 e. The van der Waals surface area contributed by atoms with Crippen LogP contribution >= 0.6 is 0 Å². The Morgan fingerprint density at radius 1 is 1.15 bits per heavy atom. The fourth-order valence-corrected chi connectivity index (χ4v) is 2.96. The van der Waals surface area contributed by atoms with Crippen LogP contribution in [0.2, 0.25) is 0 Å². The molecule has 0 spiro atoms. The van der Waals surface area contributed by atoms with Crippen molar-refractivity contribution in [1.29, 1.82) is 0 Å². The fraction of sp³-hybridized carbons (Fsp3) is 0.444. The van der Waals surface area contributed by atoms with E-state index in [9.17, 15) is 13.2 Å². The van der Waals surface area contributed by atoms with Crippen molar-refractivity contribution < 1.29 is 22.6 Å². The number of piperidine rings is 1. The number of benzene rings is 1. The van der Waals surface area contributed by atoms with Gasteiger partial charge < -0.3 is 9.47 Å². The molecule has 5 nitrogen and oxygen atoms in total. The predicted molar refractivity (Wildman–Crippen MR) is 89.0 cm³/mol. The van der Waals surface area contributed by atoms with Gasteiger partial charge in [-0.25, -0.2) is 4.98 Å². The summed E-state index contributed by atoms with van der Waals surface area (Å²) in [5.74, 6) is 0.850. The second-order valence-electron chi connectivity index (χ2n) is 6.13. The highest BCUT2D eigenvalue weighted by molar-refractivity contribution is 5.33. The molecule has 140 valence electrons. The van der Waals surface area contributed by atoms with E-state index in [0.29, 0.717) is 12.8 Å². The Balaban J connectivity index is 1.54. The molecule has 0 amide bonds. The number of rotatable bonds is 5. The molecule has 1 aliphatic rings. The number of aromatic nitrogens is 2. The molecule has 0 N–H and O–H groups in total. The van der Waals surface area contributed by atoms with Gasteiger partial charge in [0.2, 0.25) is 0 Å². The summed E-state index contributed by atoms with van der Waals surface area (Å²) in [6.07, 6.45) is -2.21. The number of alkyl halides is 3. The Labute approximate surface area is 149 Å². The van der Waals surface area contributed by atoms with Gasteiger partial charge in [0.05, 0.1) is 7.11 Å². The van der Waals surface area contributed by atoms with Gasteiger partial charge in [-0.2, -0.15) is 18.2 Å². The van der Waals surface area contributed by atoms with Gasteiger partial charge in [-0.05, 0) is 25.0 Å². The number of ether oxygens (including phenoxy) is 2. The van der Waals surface area contributed by atoms with Crippen LogP contribution in [0.4, 0.5) is 13.2 Å². The fourth-order valence-electron chi connectivity index (χ4n) is 2.96. The lowest BCUT2D eigenvalue weighted by Gasteiger charge is -2.31. The molecular weight excluding hydrogens is 347 g/mol. The average Bonchev–Trinajstić information content (AvgIpc) is 2.63. The molecule has 1 aromatic heterocycles. The van der Waals surface area contributed by atoms with Crippen LogP contribution < -0.4 is 9.47 Å². The molecule has 0 bridgehead atoms. The molecular formula is C18H20F3N3O2. The van der Waals surface area contributed by atoms with Crippen LogP contribution in [0.5, 0.6) is 11.8 Å². The second kappa shape index (κ2) is 7.90. The molecule has 0 unspecified atom stereocenters. The molecule has 8 heteroatoms. The predicted octanol–water partition coefficient (Wildman–Crippen LogP) is 3.55. The number of methoxy groups -OCH3 is 1. The van der Waals surface area contributed by atoms with Crippen molar-refractivity contribution in [2.75, 3.05) is 20.2 Å². The van der Waals surface area contributed by atoms with E-state index in [2.05, 4.69) is 14.9 Å². The van der Waals surface area contributed by atoms with Crippen molar-refractivity contribution in [2.24, 2.45) is 0 Å². The molecule has 0 aliphatic carbocycles. The van der Waals surface area contributed by atoms with Crippen LogP contribution in [-0.4, -0.2) is 41.2 Å². The van der Waals surface area contributed by atoms with E-state index in [0.717, 1.165) is 43.2 Å². The average molecular weight is 367 g/mol. The van der Waals surface area contributed by atoms with E-state index < -0.39 is 11.9 Å². The first-order chi connectivity index (χ1) is 12.5. The first kappa shape index (κ1) is 18.4. The highest BCUT2D eigenvalue weighted by Crippen LogP contribution is 2.28. The minimum atomic E-state index is -4.50. The van der Waals surface area contributed by atoms with E-state index in [1.165, 1.54) is 0 Å². The van der Waals surface area contributed by atoms with Gasteiger partial charge in [0.25, 0.3) is 0 Å².